The second-order valence-electron chi connectivity index (χ2n) is 7.63. The van der Waals surface area contributed by atoms with E-state index >= 15 is 0 Å². The third-order valence-corrected chi connectivity index (χ3v) is 5.68. The summed E-state index contributed by atoms with van der Waals surface area (Å²) in [7, 11) is 0. The molecule has 0 aliphatic carbocycles. The molecule has 1 aromatic heterocycles. The molecule has 1 unspecified atom stereocenters. The summed E-state index contributed by atoms with van der Waals surface area (Å²) in [6.45, 7) is 8.70. The molecule has 0 radical (unpaired) electrons. The van der Waals surface area contributed by atoms with E-state index in [1.54, 1.807) is 0 Å². The molecule has 2 aromatic rings. The van der Waals surface area contributed by atoms with Gasteiger partial charge in [-0.15, -0.1) is 10.2 Å². The van der Waals surface area contributed by atoms with Gasteiger partial charge in [-0.3, -0.25) is 0 Å². The van der Waals surface area contributed by atoms with E-state index in [1.807, 2.05) is 24.3 Å². The molecule has 0 amide bonds. The van der Waals surface area contributed by atoms with Gasteiger partial charge in [-0.05, 0) is 69.1 Å². The molecule has 150 valence electrons. The average Bonchev–Trinajstić information content (AvgIpc) is 3.17. The van der Waals surface area contributed by atoms with Crippen molar-refractivity contribution >= 4 is 5.82 Å². The normalized spacial score (nSPS) is 20.5. The van der Waals surface area contributed by atoms with E-state index in [2.05, 4.69) is 39.1 Å². The number of aromatic nitrogens is 2. The van der Waals surface area contributed by atoms with E-state index in [1.165, 1.54) is 19.4 Å². The van der Waals surface area contributed by atoms with Crippen molar-refractivity contribution in [1.29, 1.82) is 0 Å². The van der Waals surface area contributed by atoms with Crippen LogP contribution in [-0.2, 0) is 4.74 Å². The van der Waals surface area contributed by atoms with E-state index in [4.69, 9.17) is 9.47 Å². The summed E-state index contributed by atoms with van der Waals surface area (Å²) in [5.41, 5.74) is 1.94. The zero-order valence-electron chi connectivity index (χ0n) is 16.7. The van der Waals surface area contributed by atoms with E-state index < -0.39 is 0 Å². The third kappa shape index (κ3) is 4.80. The molecule has 4 rings (SSSR count). The first kappa shape index (κ1) is 19.2. The van der Waals surface area contributed by atoms with E-state index in [0.717, 1.165) is 74.7 Å². The predicted octanol–water partition coefficient (Wildman–Crippen LogP) is 3.23. The minimum Gasteiger partial charge on any atom is -0.494 e. The number of anilines is 1. The molecule has 0 saturated carbocycles. The Morgan fingerprint density at radius 3 is 2.54 bits per heavy atom. The molecular weight excluding hydrogens is 352 g/mol. The first-order chi connectivity index (χ1) is 13.8. The molecule has 6 nitrogen and oxygen atoms in total. The number of morpholine rings is 1. The van der Waals surface area contributed by atoms with Crippen LogP contribution in [0.1, 0.15) is 26.2 Å². The molecule has 0 spiro atoms. The highest BCUT2D eigenvalue weighted by Gasteiger charge is 2.19. The van der Waals surface area contributed by atoms with Crippen molar-refractivity contribution in [1.82, 2.24) is 15.1 Å². The summed E-state index contributed by atoms with van der Waals surface area (Å²) in [6.07, 6.45) is 3.74. The summed E-state index contributed by atoms with van der Waals surface area (Å²) in [5.74, 6) is 1.83. The topological polar surface area (TPSA) is 50.7 Å². The summed E-state index contributed by atoms with van der Waals surface area (Å²) >= 11 is 0. The maximum absolute atomic E-state index is 5.91. The lowest BCUT2D eigenvalue weighted by atomic mass is 10.1. The van der Waals surface area contributed by atoms with Crippen LogP contribution in [0, 0.1) is 0 Å². The highest BCUT2D eigenvalue weighted by molar-refractivity contribution is 5.60. The van der Waals surface area contributed by atoms with Gasteiger partial charge >= 0.3 is 0 Å². The molecule has 28 heavy (non-hydrogen) atoms. The number of rotatable bonds is 7. The first-order valence-electron chi connectivity index (χ1n) is 10.4. The van der Waals surface area contributed by atoms with Crippen LogP contribution >= 0.6 is 0 Å². The van der Waals surface area contributed by atoms with Crippen molar-refractivity contribution < 1.29 is 9.47 Å². The molecule has 2 aliphatic rings. The van der Waals surface area contributed by atoms with Gasteiger partial charge in [0.15, 0.2) is 5.82 Å². The SMILES string of the molecule is CC1CCCN1CCCOc1ccc(-c2ccc(N3CCOCC3)nn2)cc1. The number of benzene rings is 1. The van der Waals surface area contributed by atoms with Crippen LogP contribution in [0.15, 0.2) is 36.4 Å². The Hall–Kier alpha value is -2.18. The van der Waals surface area contributed by atoms with Crippen LogP contribution in [0.4, 0.5) is 5.82 Å². The number of likely N-dealkylation sites (tertiary alicyclic amines) is 1. The van der Waals surface area contributed by atoms with Crippen LogP contribution < -0.4 is 9.64 Å². The lowest BCUT2D eigenvalue weighted by Crippen LogP contribution is -2.36. The molecule has 2 fully saturated rings. The van der Waals surface area contributed by atoms with Crippen LogP contribution in [0.2, 0.25) is 0 Å². The molecule has 1 atom stereocenters. The minimum atomic E-state index is 0.732. The van der Waals surface area contributed by atoms with Crippen LogP contribution in [0.3, 0.4) is 0 Å². The van der Waals surface area contributed by atoms with Gasteiger partial charge in [0.2, 0.25) is 0 Å². The number of hydrogen-bond acceptors (Lipinski definition) is 6. The highest BCUT2D eigenvalue weighted by Crippen LogP contribution is 2.22. The monoisotopic (exact) mass is 382 g/mol. The van der Waals surface area contributed by atoms with Gasteiger partial charge in [0, 0.05) is 31.2 Å². The first-order valence-corrected chi connectivity index (χ1v) is 10.4. The minimum absolute atomic E-state index is 0.732. The molecule has 0 bridgehead atoms. The zero-order chi connectivity index (χ0) is 19.2. The van der Waals surface area contributed by atoms with Gasteiger partial charge in [0.1, 0.15) is 5.75 Å². The van der Waals surface area contributed by atoms with E-state index in [9.17, 15) is 0 Å². The fourth-order valence-corrected chi connectivity index (χ4v) is 3.94. The zero-order valence-corrected chi connectivity index (χ0v) is 16.7. The number of nitrogens with zero attached hydrogens (tertiary/aromatic N) is 4. The molecule has 2 aliphatic heterocycles. The van der Waals surface area contributed by atoms with Crippen molar-refractivity contribution in [3.63, 3.8) is 0 Å². The van der Waals surface area contributed by atoms with E-state index in [0.29, 0.717) is 0 Å². The fourth-order valence-electron chi connectivity index (χ4n) is 3.94. The van der Waals surface area contributed by atoms with Crippen LogP contribution in [-0.4, -0.2) is 67.1 Å². The Balaban J connectivity index is 1.26. The third-order valence-electron chi connectivity index (χ3n) is 5.68. The molecule has 6 heteroatoms. The highest BCUT2D eigenvalue weighted by atomic mass is 16.5. The predicted molar refractivity (Wildman–Crippen MR) is 111 cm³/mol. The number of hydrogen-bond donors (Lipinski definition) is 0. The second kappa shape index (κ2) is 9.34. The molecule has 2 saturated heterocycles. The lowest BCUT2D eigenvalue weighted by molar-refractivity contribution is 0.122. The summed E-state index contributed by atoms with van der Waals surface area (Å²) in [4.78, 5) is 4.77. The van der Waals surface area contributed by atoms with Crippen LogP contribution in [0.25, 0.3) is 11.3 Å². The largest absolute Gasteiger partial charge is 0.494 e. The molecule has 3 heterocycles. The van der Waals surface area contributed by atoms with Gasteiger partial charge in [0.05, 0.1) is 25.5 Å². The van der Waals surface area contributed by atoms with Crippen LogP contribution in [0.5, 0.6) is 5.75 Å². The second-order valence-corrected chi connectivity index (χ2v) is 7.63. The van der Waals surface area contributed by atoms with Crippen molar-refractivity contribution in [2.24, 2.45) is 0 Å². The Labute approximate surface area is 167 Å². The van der Waals surface area contributed by atoms with Gasteiger partial charge in [0.25, 0.3) is 0 Å². The Morgan fingerprint density at radius 2 is 1.86 bits per heavy atom. The maximum atomic E-state index is 5.91. The maximum Gasteiger partial charge on any atom is 0.151 e. The van der Waals surface area contributed by atoms with Crippen molar-refractivity contribution in [2.75, 3.05) is 50.9 Å². The Kier molecular flexibility index (Phi) is 6.39. The fraction of sp³-hybridized carbons (Fsp3) is 0.545. The molecular formula is C22H30N4O2. The van der Waals surface area contributed by atoms with Gasteiger partial charge < -0.3 is 19.3 Å². The quantitative estimate of drug-likeness (QED) is 0.686. The lowest BCUT2D eigenvalue weighted by Gasteiger charge is -2.27. The average molecular weight is 383 g/mol. The van der Waals surface area contributed by atoms with Crippen molar-refractivity contribution in [3.8, 4) is 17.0 Å². The van der Waals surface area contributed by atoms with Gasteiger partial charge in [-0.1, -0.05) is 0 Å². The summed E-state index contributed by atoms with van der Waals surface area (Å²) < 4.78 is 11.3. The summed E-state index contributed by atoms with van der Waals surface area (Å²) in [6, 6.07) is 12.9. The van der Waals surface area contributed by atoms with Crippen molar-refractivity contribution in [2.45, 2.75) is 32.2 Å². The summed E-state index contributed by atoms with van der Waals surface area (Å²) in [5, 5.41) is 8.79. The standard InChI is InChI=1S/C22H30N4O2/c1-18-4-2-11-25(18)12-3-15-28-20-7-5-19(6-8-20)21-9-10-22(24-23-21)26-13-16-27-17-14-26/h5-10,18H,2-4,11-17H2,1H3. The Bertz CT molecular complexity index is 729. The molecule has 0 N–H and O–H groups in total. The Morgan fingerprint density at radius 1 is 1.04 bits per heavy atom. The molecule has 1 aromatic carbocycles. The van der Waals surface area contributed by atoms with E-state index in [-0.39, 0.29) is 0 Å². The van der Waals surface area contributed by atoms with Crippen molar-refractivity contribution in [3.05, 3.63) is 36.4 Å². The smallest absolute Gasteiger partial charge is 0.151 e. The number of ether oxygens (including phenoxy) is 2. The van der Waals surface area contributed by atoms with Gasteiger partial charge in [-0.25, -0.2) is 0 Å². The van der Waals surface area contributed by atoms with Gasteiger partial charge in [-0.2, -0.15) is 0 Å².